The molecular formula is C18H24N4O3S. The van der Waals surface area contributed by atoms with Crippen molar-refractivity contribution in [1.82, 2.24) is 4.98 Å². The van der Waals surface area contributed by atoms with Gasteiger partial charge in [-0.3, -0.25) is 4.79 Å². The van der Waals surface area contributed by atoms with Gasteiger partial charge in [0.15, 0.2) is 0 Å². The molecule has 0 fully saturated rings. The summed E-state index contributed by atoms with van der Waals surface area (Å²) in [5.41, 5.74) is 1.84. The summed E-state index contributed by atoms with van der Waals surface area (Å²) >= 11 is 0. The van der Waals surface area contributed by atoms with Crippen LogP contribution < -0.4 is 15.8 Å². The summed E-state index contributed by atoms with van der Waals surface area (Å²) in [5.74, 6) is 0.783. The molecule has 2 rings (SSSR count). The largest absolute Gasteiger partial charge is 0.383 e. The van der Waals surface area contributed by atoms with E-state index in [0.717, 1.165) is 17.7 Å². The normalized spacial score (nSPS) is 11.4. The Labute approximate surface area is 154 Å². The zero-order valence-corrected chi connectivity index (χ0v) is 15.7. The van der Waals surface area contributed by atoms with E-state index in [-0.39, 0.29) is 10.8 Å². The summed E-state index contributed by atoms with van der Waals surface area (Å²) in [6.45, 7) is 4.64. The third-order valence-corrected chi connectivity index (χ3v) is 4.55. The van der Waals surface area contributed by atoms with E-state index in [2.05, 4.69) is 15.6 Å². The van der Waals surface area contributed by atoms with Gasteiger partial charge in [0, 0.05) is 13.0 Å². The molecule has 1 aromatic heterocycles. The maximum absolute atomic E-state index is 11.7. The van der Waals surface area contributed by atoms with Crippen LogP contribution in [-0.2, 0) is 21.2 Å². The van der Waals surface area contributed by atoms with Gasteiger partial charge in [0.25, 0.3) is 0 Å². The second-order valence-corrected chi connectivity index (χ2v) is 8.01. The lowest BCUT2D eigenvalue weighted by Gasteiger charge is -2.09. The fraction of sp³-hybridized carbons (Fsp3) is 0.333. The summed E-state index contributed by atoms with van der Waals surface area (Å²) in [4.78, 5) is 16.0. The molecule has 0 aliphatic carbocycles. The molecule has 0 bridgehead atoms. The standard InChI is InChI=1S/C18H24N4O3S/c1-13(2)11-18(23)22-17-8-5-15(12-21-17)20-10-9-14-3-6-16(7-4-14)26(19,24)25/h3-8,12-13,20H,9-11H2,1-2H3,(H2,19,24,25)(H,21,22,23). The number of sulfonamides is 1. The monoisotopic (exact) mass is 376 g/mol. The average Bonchev–Trinajstić information content (AvgIpc) is 2.55. The molecule has 0 aliphatic rings. The lowest BCUT2D eigenvalue weighted by atomic mass is 10.1. The van der Waals surface area contributed by atoms with E-state index in [1.165, 1.54) is 12.1 Å². The Balaban J connectivity index is 1.82. The number of nitrogens with two attached hydrogens (primary N) is 1. The molecule has 0 atom stereocenters. The molecule has 2 aromatic rings. The van der Waals surface area contributed by atoms with Gasteiger partial charge in [-0.25, -0.2) is 18.5 Å². The molecule has 0 saturated carbocycles. The Morgan fingerprint density at radius 1 is 1.15 bits per heavy atom. The van der Waals surface area contributed by atoms with Crippen molar-refractivity contribution in [2.24, 2.45) is 11.1 Å². The number of pyridine rings is 1. The first-order valence-corrected chi connectivity index (χ1v) is 9.90. The minimum absolute atomic E-state index is 0.0452. The number of primary sulfonamides is 1. The van der Waals surface area contributed by atoms with Crippen LogP contribution in [0.25, 0.3) is 0 Å². The summed E-state index contributed by atoms with van der Waals surface area (Å²) in [6.07, 6.45) is 2.85. The molecule has 140 valence electrons. The van der Waals surface area contributed by atoms with Crippen LogP contribution in [-0.4, -0.2) is 25.9 Å². The first kappa shape index (κ1) is 19.9. The predicted octanol–water partition coefficient (Wildman–Crippen LogP) is 2.37. The molecule has 4 N–H and O–H groups in total. The fourth-order valence-corrected chi connectivity index (χ4v) is 2.85. The van der Waals surface area contributed by atoms with Crippen molar-refractivity contribution in [3.05, 3.63) is 48.2 Å². The average molecular weight is 376 g/mol. The number of benzene rings is 1. The number of nitrogens with zero attached hydrogens (tertiary/aromatic N) is 1. The molecule has 0 aliphatic heterocycles. The number of hydrogen-bond donors (Lipinski definition) is 3. The highest BCUT2D eigenvalue weighted by Crippen LogP contribution is 2.12. The van der Waals surface area contributed by atoms with E-state index in [0.29, 0.717) is 24.7 Å². The zero-order valence-electron chi connectivity index (χ0n) is 14.9. The summed E-state index contributed by atoms with van der Waals surface area (Å²) in [5, 5.41) is 11.1. The minimum atomic E-state index is -3.66. The van der Waals surface area contributed by atoms with E-state index >= 15 is 0 Å². The van der Waals surface area contributed by atoms with Crippen molar-refractivity contribution < 1.29 is 13.2 Å². The molecule has 1 amide bonds. The third-order valence-electron chi connectivity index (χ3n) is 3.62. The van der Waals surface area contributed by atoms with Crippen LogP contribution in [0.5, 0.6) is 0 Å². The highest BCUT2D eigenvalue weighted by atomic mass is 32.2. The van der Waals surface area contributed by atoms with Crippen LogP contribution in [0, 0.1) is 5.92 Å². The van der Waals surface area contributed by atoms with Gasteiger partial charge in [0.1, 0.15) is 5.82 Å². The van der Waals surface area contributed by atoms with Crippen molar-refractivity contribution in [2.45, 2.75) is 31.6 Å². The Morgan fingerprint density at radius 2 is 1.85 bits per heavy atom. The number of amides is 1. The Kier molecular flexibility index (Phi) is 6.70. The van der Waals surface area contributed by atoms with Crippen LogP contribution in [0.15, 0.2) is 47.5 Å². The van der Waals surface area contributed by atoms with Crippen LogP contribution in [0.3, 0.4) is 0 Å². The molecule has 1 aromatic carbocycles. The molecule has 0 spiro atoms. The topological polar surface area (TPSA) is 114 Å². The fourth-order valence-electron chi connectivity index (χ4n) is 2.33. The summed E-state index contributed by atoms with van der Waals surface area (Å²) < 4.78 is 22.4. The van der Waals surface area contributed by atoms with Crippen molar-refractivity contribution in [3.8, 4) is 0 Å². The van der Waals surface area contributed by atoms with E-state index in [1.807, 2.05) is 19.9 Å². The Hall–Kier alpha value is -2.45. The van der Waals surface area contributed by atoms with E-state index < -0.39 is 10.0 Å². The molecule has 0 radical (unpaired) electrons. The third kappa shape index (κ3) is 6.45. The second-order valence-electron chi connectivity index (χ2n) is 6.44. The van der Waals surface area contributed by atoms with Gasteiger partial charge in [-0.15, -0.1) is 0 Å². The van der Waals surface area contributed by atoms with Gasteiger partial charge in [-0.05, 0) is 42.2 Å². The number of anilines is 2. The van der Waals surface area contributed by atoms with Crippen molar-refractivity contribution >= 4 is 27.4 Å². The molecule has 0 unspecified atom stereocenters. The first-order valence-electron chi connectivity index (χ1n) is 8.35. The molecule has 0 saturated heterocycles. The van der Waals surface area contributed by atoms with Crippen LogP contribution in [0.1, 0.15) is 25.8 Å². The highest BCUT2D eigenvalue weighted by Gasteiger charge is 2.07. The van der Waals surface area contributed by atoms with Crippen LogP contribution >= 0.6 is 0 Å². The zero-order chi connectivity index (χ0) is 19.2. The van der Waals surface area contributed by atoms with Crippen molar-refractivity contribution in [3.63, 3.8) is 0 Å². The maximum Gasteiger partial charge on any atom is 0.238 e. The number of rotatable bonds is 8. The number of carbonyl (C=O) groups is 1. The first-order chi connectivity index (χ1) is 12.2. The van der Waals surface area contributed by atoms with Gasteiger partial charge >= 0.3 is 0 Å². The Bertz CT molecular complexity index is 832. The number of nitrogens with one attached hydrogen (secondary N) is 2. The molecule has 7 nitrogen and oxygen atoms in total. The van der Waals surface area contributed by atoms with Crippen molar-refractivity contribution in [1.29, 1.82) is 0 Å². The second kappa shape index (κ2) is 8.77. The minimum Gasteiger partial charge on any atom is -0.383 e. The summed E-state index contributed by atoms with van der Waals surface area (Å²) in [6, 6.07) is 10.1. The van der Waals surface area contributed by atoms with Crippen molar-refractivity contribution in [2.75, 3.05) is 17.2 Å². The quantitative estimate of drug-likeness (QED) is 0.654. The molecule has 1 heterocycles. The van der Waals surface area contributed by atoms with Gasteiger partial charge in [0.05, 0.1) is 16.8 Å². The van der Waals surface area contributed by atoms with E-state index in [9.17, 15) is 13.2 Å². The number of hydrogen-bond acceptors (Lipinski definition) is 5. The van der Waals surface area contributed by atoms with Gasteiger partial charge in [-0.2, -0.15) is 0 Å². The summed E-state index contributed by atoms with van der Waals surface area (Å²) in [7, 11) is -3.66. The lowest BCUT2D eigenvalue weighted by molar-refractivity contribution is -0.116. The smallest absolute Gasteiger partial charge is 0.238 e. The SMILES string of the molecule is CC(C)CC(=O)Nc1ccc(NCCc2ccc(S(N)(=O)=O)cc2)cn1. The molecular weight excluding hydrogens is 352 g/mol. The number of carbonyl (C=O) groups excluding carboxylic acids is 1. The van der Waals surface area contributed by atoms with Gasteiger partial charge < -0.3 is 10.6 Å². The maximum atomic E-state index is 11.7. The Morgan fingerprint density at radius 3 is 2.38 bits per heavy atom. The van der Waals surface area contributed by atoms with Gasteiger partial charge in [-0.1, -0.05) is 26.0 Å². The molecule has 8 heteroatoms. The number of aromatic nitrogens is 1. The predicted molar refractivity (Wildman–Crippen MR) is 102 cm³/mol. The molecule has 26 heavy (non-hydrogen) atoms. The van der Waals surface area contributed by atoms with E-state index in [1.54, 1.807) is 24.4 Å². The van der Waals surface area contributed by atoms with E-state index in [4.69, 9.17) is 5.14 Å². The van der Waals surface area contributed by atoms with Gasteiger partial charge in [0.2, 0.25) is 15.9 Å². The van der Waals surface area contributed by atoms with Crippen LogP contribution in [0.4, 0.5) is 11.5 Å². The highest BCUT2D eigenvalue weighted by molar-refractivity contribution is 7.89. The lowest BCUT2D eigenvalue weighted by Crippen LogP contribution is -2.14. The van der Waals surface area contributed by atoms with Crippen LogP contribution in [0.2, 0.25) is 0 Å².